The van der Waals surface area contributed by atoms with Crippen molar-refractivity contribution in [2.45, 2.75) is 32.0 Å². The highest BCUT2D eigenvalue weighted by molar-refractivity contribution is 5.42. The average Bonchev–Trinajstić information content (AvgIpc) is 3.22. The van der Waals surface area contributed by atoms with E-state index in [0.717, 1.165) is 18.9 Å². The van der Waals surface area contributed by atoms with Gasteiger partial charge in [-0.2, -0.15) is 5.26 Å². The minimum absolute atomic E-state index is 0.213. The summed E-state index contributed by atoms with van der Waals surface area (Å²) in [6, 6.07) is 3.81. The Kier molecular flexibility index (Phi) is 2.88. The van der Waals surface area contributed by atoms with Gasteiger partial charge in [0, 0.05) is 19.2 Å². The van der Waals surface area contributed by atoms with Crippen molar-refractivity contribution in [2.75, 3.05) is 18.0 Å². The van der Waals surface area contributed by atoms with Gasteiger partial charge in [0.05, 0.1) is 12.2 Å². The van der Waals surface area contributed by atoms with E-state index in [-0.39, 0.29) is 6.10 Å². The largest absolute Gasteiger partial charge is 0.371 e. The number of anilines is 1. The van der Waals surface area contributed by atoms with Crippen LogP contribution < -0.4 is 4.90 Å². The first-order valence-electron chi connectivity index (χ1n) is 6.39. The summed E-state index contributed by atoms with van der Waals surface area (Å²) < 4.78 is 5.97. The Morgan fingerprint density at radius 2 is 2.22 bits per heavy atom. The van der Waals surface area contributed by atoms with Crippen molar-refractivity contribution in [2.24, 2.45) is 5.92 Å². The number of ether oxygens (including phenoxy) is 1. The van der Waals surface area contributed by atoms with Crippen molar-refractivity contribution in [3.8, 4) is 6.07 Å². The molecule has 1 aromatic rings. The van der Waals surface area contributed by atoms with E-state index in [1.807, 2.05) is 0 Å². The van der Waals surface area contributed by atoms with Crippen molar-refractivity contribution in [1.29, 1.82) is 5.26 Å². The van der Waals surface area contributed by atoms with Crippen LogP contribution in [0.1, 0.15) is 25.5 Å². The molecule has 1 aliphatic carbocycles. The van der Waals surface area contributed by atoms with E-state index in [4.69, 9.17) is 10.00 Å². The molecule has 0 spiro atoms. The lowest BCUT2D eigenvalue weighted by atomic mass is 10.1. The standard InChI is InChI=1S/C13H16N4O/c1-9-6-17(7-12(18-9)10-2-3-10)13-4-11(5-14)15-8-16-13/h4,8-10,12H,2-3,6-7H2,1H3/t9-,12+/m0/s1. The molecular formula is C13H16N4O. The second-order valence-electron chi connectivity index (χ2n) is 5.10. The van der Waals surface area contributed by atoms with Crippen LogP contribution in [0.4, 0.5) is 5.82 Å². The molecule has 94 valence electrons. The molecule has 0 bridgehead atoms. The first-order chi connectivity index (χ1) is 8.76. The van der Waals surface area contributed by atoms with Gasteiger partial charge in [0.1, 0.15) is 23.9 Å². The predicted octanol–water partition coefficient (Wildman–Crippen LogP) is 1.35. The predicted molar refractivity (Wildman–Crippen MR) is 66.0 cm³/mol. The second-order valence-corrected chi connectivity index (χ2v) is 5.10. The summed E-state index contributed by atoms with van der Waals surface area (Å²) in [6.45, 7) is 3.79. The van der Waals surface area contributed by atoms with Crippen LogP contribution in [-0.2, 0) is 4.74 Å². The minimum atomic E-state index is 0.213. The fourth-order valence-electron chi connectivity index (χ4n) is 2.48. The van der Waals surface area contributed by atoms with Crippen molar-refractivity contribution in [1.82, 2.24) is 9.97 Å². The van der Waals surface area contributed by atoms with Gasteiger partial charge in [-0.15, -0.1) is 0 Å². The van der Waals surface area contributed by atoms with E-state index in [9.17, 15) is 0 Å². The van der Waals surface area contributed by atoms with Crippen LogP contribution in [0, 0.1) is 17.2 Å². The highest BCUT2D eigenvalue weighted by Crippen LogP contribution is 2.37. The number of aromatic nitrogens is 2. The number of nitriles is 1. The van der Waals surface area contributed by atoms with Gasteiger partial charge in [-0.1, -0.05) is 0 Å². The van der Waals surface area contributed by atoms with E-state index >= 15 is 0 Å². The zero-order valence-electron chi connectivity index (χ0n) is 10.4. The first-order valence-corrected chi connectivity index (χ1v) is 6.39. The monoisotopic (exact) mass is 244 g/mol. The number of rotatable bonds is 2. The summed E-state index contributed by atoms with van der Waals surface area (Å²) in [6.07, 6.45) is 4.54. The Bertz CT molecular complexity index is 480. The molecule has 0 amide bonds. The maximum Gasteiger partial charge on any atom is 0.145 e. The highest BCUT2D eigenvalue weighted by atomic mass is 16.5. The van der Waals surface area contributed by atoms with E-state index in [1.54, 1.807) is 6.07 Å². The molecule has 1 saturated heterocycles. The molecule has 2 atom stereocenters. The molecular weight excluding hydrogens is 228 g/mol. The number of morpholine rings is 1. The van der Waals surface area contributed by atoms with Crippen molar-refractivity contribution in [3.05, 3.63) is 18.1 Å². The topological polar surface area (TPSA) is 62.0 Å². The minimum Gasteiger partial charge on any atom is -0.371 e. The summed E-state index contributed by atoms with van der Waals surface area (Å²) >= 11 is 0. The molecule has 2 heterocycles. The highest BCUT2D eigenvalue weighted by Gasteiger charge is 2.37. The van der Waals surface area contributed by atoms with Gasteiger partial charge in [0.2, 0.25) is 0 Å². The first kappa shape index (κ1) is 11.4. The SMILES string of the molecule is C[C@H]1CN(c2cc(C#N)ncn2)C[C@H](C2CC2)O1. The van der Waals surface area contributed by atoms with Crippen LogP contribution in [0.15, 0.2) is 12.4 Å². The molecule has 0 N–H and O–H groups in total. The molecule has 0 unspecified atom stereocenters. The van der Waals surface area contributed by atoms with Crippen LogP contribution in [0.3, 0.4) is 0 Å². The molecule has 18 heavy (non-hydrogen) atoms. The van der Waals surface area contributed by atoms with Gasteiger partial charge in [0.25, 0.3) is 0 Å². The lowest BCUT2D eigenvalue weighted by molar-refractivity contribution is -0.0273. The average molecular weight is 244 g/mol. The Morgan fingerprint density at radius 3 is 2.94 bits per heavy atom. The fraction of sp³-hybridized carbons (Fsp3) is 0.615. The molecule has 2 aliphatic rings. The molecule has 1 aliphatic heterocycles. The van der Waals surface area contributed by atoms with Gasteiger partial charge in [-0.25, -0.2) is 9.97 Å². The number of hydrogen-bond acceptors (Lipinski definition) is 5. The molecule has 5 heteroatoms. The zero-order valence-corrected chi connectivity index (χ0v) is 10.4. The third-order valence-corrected chi connectivity index (χ3v) is 3.52. The molecule has 0 aromatic carbocycles. The Labute approximate surface area is 106 Å². The van der Waals surface area contributed by atoms with Crippen molar-refractivity contribution >= 4 is 5.82 Å². The molecule has 5 nitrogen and oxygen atoms in total. The summed E-state index contributed by atoms with van der Waals surface area (Å²) in [7, 11) is 0. The maximum absolute atomic E-state index is 8.88. The van der Waals surface area contributed by atoms with Gasteiger partial charge in [0.15, 0.2) is 0 Å². The molecule has 1 aromatic heterocycles. The lowest BCUT2D eigenvalue weighted by Crippen LogP contribution is -2.47. The van der Waals surface area contributed by atoms with Gasteiger partial charge in [-0.3, -0.25) is 0 Å². The fourth-order valence-corrected chi connectivity index (χ4v) is 2.48. The van der Waals surface area contributed by atoms with Gasteiger partial charge >= 0.3 is 0 Å². The second kappa shape index (κ2) is 4.54. The van der Waals surface area contributed by atoms with E-state index in [2.05, 4.69) is 27.9 Å². The van der Waals surface area contributed by atoms with Crippen LogP contribution in [0.5, 0.6) is 0 Å². The summed E-state index contributed by atoms with van der Waals surface area (Å²) in [5.74, 6) is 1.55. The van der Waals surface area contributed by atoms with Crippen molar-refractivity contribution < 1.29 is 4.74 Å². The van der Waals surface area contributed by atoms with Crippen LogP contribution >= 0.6 is 0 Å². The smallest absolute Gasteiger partial charge is 0.145 e. The number of hydrogen-bond donors (Lipinski definition) is 0. The third kappa shape index (κ3) is 2.29. The summed E-state index contributed by atoms with van der Waals surface area (Å²) in [5.41, 5.74) is 0.419. The normalized spacial score (nSPS) is 27.9. The summed E-state index contributed by atoms with van der Waals surface area (Å²) in [5, 5.41) is 8.88. The van der Waals surface area contributed by atoms with Crippen LogP contribution in [0.25, 0.3) is 0 Å². The van der Waals surface area contributed by atoms with Gasteiger partial charge < -0.3 is 9.64 Å². The quantitative estimate of drug-likeness (QED) is 0.786. The van der Waals surface area contributed by atoms with E-state index < -0.39 is 0 Å². The Morgan fingerprint density at radius 1 is 1.39 bits per heavy atom. The molecule has 2 fully saturated rings. The zero-order chi connectivity index (χ0) is 12.5. The maximum atomic E-state index is 8.88. The molecule has 1 saturated carbocycles. The van der Waals surface area contributed by atoms with E-state index in [0.29, 0.717) is 17.7 Å². The molecule has 3 rings (SSSR count). The third-order valence-electron chi connectivity index (χ3n) is 3.52. The number of nitrogens with zero attached hydrogens (tertiary/aromatic N) is 4. The molecule has 0 radical (unpaired) electrons. The van der Waals surface area contributed by atoms with Crippen molar-refractivity contribution in [3.63, 3.8) is 0 Å². The van der Waals surface area contributed by atoms with Gasteiger partial charge in [-0.05, 0) is 25.7 Å². The lowest BCUT2D eigenvalue weighted by Gasteiger charge is -2.37. The van der Waals surface area contributed by atoms with Crippen LogP contribution in [-0.4, -0.2) is 35.3 Å². The summed E-state index contributed by atoms with van der Waals surface area (Å²) in [4.78, 5) is 10.4. The van der Waals surface area contributed by atoms with Crippen LogP contribution in [0.2, 0.25) is 0 Å². The Hall–Kier alpha value is -1.67. The Balaban J connectivity index is 1.79. The van der Waals surface area contributed by atoms with E-state index in [1.165, 1.54) is 19.2 Å².